The second-order valence-corrected chi connectivity index (χ2v) is 7.62. The quantitative estimate of drug-likeness (QED) is 0.480. The van der Waals surface area contributed by atoms with Crippen LogP contribution in [-0.2, 0) is 20.0 Å². The van der Waals surface area contributed by atoms with Gasteiger partial charge in [-0.15, -0.1) is 0 Å². The molecule has 154 valence electrons. The molecule has 1 aliphatic heterocycles. The fourth-order valence-electron chi connectivity index (χ4n) is 3.93. The van der Waals surface area contributed by atoms with Gasteiger partial charge in [0, 0.05) is 61.8 Å². The van der Waals surface area contributed by atoms with Gasteiger partial charge in [-0.2, -0.15) is 5.26 Å². The number of nitriles is 1. The lowest BCUT2D eigenvalue weighted by Gasteiger charge is -2.19. The lowest BCUT2D eigenvalue weighted by atomic mass is 10.1. The second kappa shape index (κ2) is 7.95. The molecule has 5 heterocycles. The molecule has 2 N–H and O–H groups in total. The number of hydrogen-bond acceptors (Lipinski definition) is 6. The topological polar surface area (TPSA) is 96.4 Å². The second-order valence-electron chi connectivity index (χ2n) is 7.62. The molecule has 5 rings (SSSR count). The molecule has 0 fully saturated rings. The summed E-state index contributed by atoms with van der Waals surface area (Å²) in [5.41, 5.74) is 4.54. The van der Waals surface area contributed by atoms with Crippen LogP contribution in [0.5, 0.6) is 0 Å². The maximum absolute atomic E-state index is 8.89. The summed E-state index contributed by atoms with van der Waals surface area (Å²) in [6.07, 6.45) is 9.02. The highest BCUT2D eigenvalue weighted by Crippen LogP contribution is 2.27. The number of fused-ring (bicyclic) bond motifs is 3. The molecule has 0 unspecified atom stereocenters. The number of imidazole rings is 1. The van der Waals surface area contributed by atoms with Gasteiger partial charge in [-0.3, -0.25) is 4.98 Å². The van der Waals surface area contributed by atoms with Crippen LogP contribution in [0.4, 0.5) is 17.5 Å². The fraction of sp³-hybridized carbons (Fsp3) is 0.217. The molecule has 0 spiro atoms. The van der Waals surface area contributed by atoms with E-state index < -0.39 is 0 Å². The molecule has 31 heavy (non-hydrogen) atoms. The number of hydrogen-bond donors (Lipinski definition) is 2. The highest BCUT2D eigenvalue weighted by Gasteiger charge is 2.16. The minimum absolute atomic E-state index is 0.523. The van der Waals surface area contributed by atoms with E-state index in [4.69, 9.17) is 10.2 Å². The van der Waals surface area contributed by atoms with E-state index in [-0.39, 0.29) is 0 Å². The zero-order valence-electron chi connectivity index (χ0n) is 17.2. The summed E-state index contributed by atoms with van der Waals surface area (Å²) in [7, 11) is 1.93. The van der Waals surface area contributed by atoms with Crippen molar-refractivity contribution in [2.45, 2.75) is 19.4 Å². The monoisotopic (exact) mass is 410 g/mol. The molecule has 0 aromatic carbocycles. The maximum Gasteiger partial charge on any atom is 0.149 e. The predicted octanol–water partition coefficient (Wildman–Crippen LogP) is 3.87. The van der Waals surface area contributed by atoms with Gasteiger partial charge in [0.15, 0.2) is 0 Å². The molecule has 2 bridgehead atoms. The lowest BCUT2D eigenvalue weighted by Crippen LogP contribution is -2.15. The Hall–Kier alpha value is -4.12. The first-order chi connectivity index (χ1) is 15.2. The van der Waals surface area contributed by atoms with Gasteiger partial charge in [0.05, 0.1) is 24.3 Å². The molecule has 0 radical (unpaired) electrons. The Morgan fingerprint density at radius 3 is 2.94 bits per heavy atom. The molecule has 0 saturated carbocycles. The zero-order valence-corrected chi connectivity index (χ0v) is 17.2. The summed E-state index contributed by atoms with van der Waals surface area (Å²) in [6, 6.07) is 12.4. The first kappa shape index (κ1) is 18.9. The molecule has 1 aliphatic rings. The first-order valence-corrected chi connectivity index (χ1v) is 10.2. The van der Waals surface area contributed by atoms with Crippen LogP contribution in [0.3, 0.4) is 0 Å². The van der Waals surface area contributed by atoms with Crippen LogP contribution in [0, 0.1) is 11.3 Å². The van der Waals surface area contributed by atoms with Crippen molar-refractivity contribution < 1.29 is 0 Å². The van der Waals surface area contributed by atoms with Gasteiger partial charge in [-0.25, -0.2) is 9.97 Å². The van der Waals surface area contributed by atoms with Crippen molar-refractivity contribution in [3.05, 3.63) is 66.0 Å². The largest absolute Gasteiger partial charge is 0.366 e. The molecular formula is C23H22N8. The predicted molar refractivity (Wildman–Crippen MR) is 121 cm³/mol. The molecule has 0 amide bonds. The van der Waals surface area contributed by atoms with Crippen LogP contribution in [0.1, 0.15) is 17.8 Å². The third-order valence-electron chi connectivity index (χ3n) is 5.36. The Kier molecular flexibility index (Phi) is 4.84. The van der Waals surface area contributed by atoms with E-state index in [1.807, 2.05) is 36.0 Å². The van der Waals surface area contributed by atoms with Crippen LogP contribution >= 0.6 is 0 Å². The Morgan fingerprint density at radius 1 is 1.19 bits per heavy atom. The summed E-state index contributed by atoms with van der Waals surface area (Å²) in [5.74, 6) is 2.21. The number of nitrogens with zero attached hydrogens (tertiary/aromatic N) is 6. The van der Waals surface area contributed by atoms with Crippen molar-refractivity contribution in [2.75, 3.05) is 17.2 Å². The van der Waals surface area contributed by atoms with E-state index in [0.29, 0.717) is 18.8 Å². The summed E-state index contributed by atoms with van der Waals surface area (Å²) < 4.78 is 4.11. The lowest BCUT2D eigenvalue weighted by molar-refractivity contribution is 0.672. The minimum atomic E-state index is 0.523. The SMILES string of the molecule is Cn1cnc(Nc2cc3ncccc3c(NCC3=Cc4ccc(n4CCC#N)C3)n2)c1. The highest BCUT2D eigenvalue weighted by atomic mass is 15.1. The molecule has 0 atom stereocenters. The average Bonchev–Trinajstić information content (AvgIpc) is 3.28. The van der Waals surface area contributed by atoms with Crippen LogP contribution in [0.15, 0.2) is 54.6 Å². The van der Waals surface area contributed by atoms with E-state index >= 15 is 0 Å². The average molecular weight is 410 g/mol. The Labute approximate surface area is 179 Å². The number of rotatable bonds is 7. The first-order valence-electron chi connectivity index (χ1n) is 10.2. The number of aromatic nitrogens is 5. The van der Waals surface area contributed by atoms with E-state index in [9.17, 15) is 0 Å². The molecule has 8 heteroatoms. The van der Waals surface area contributed by atoms with E-state index in [1.54, 1.807) is 12.5 Å². The van der Waals surface area contributed by atoms with Crippen molar-refractivity contribution in [1.29, 1.82) is 5.26 Å². The smallest absolute Gasteiger partial charge is 0.149 e. The fourth-order valence-corrected chi connectivity index (χ4v) is 3.93. The van der Waals surface area contributed by atoms with E-state index in [0.717, 1.165) is 41.2 Å². The van der Waals surface area contributed by atoms with E-state index in [2.05, 4.69) is 49.4 Å². The van der Waals surface area contributed by atoms with Crippen LogP contribution < -0.4 is 10.6 Å². The normalized spacial score (nSPS) is 12.5. The van der Waals surface area contributed by atoms with Gasteiger partial charge in [0.25, 0.3) is 0 Å². The van der Waals surface area contributed by atoms with Crippen LogP contribution in [-0.4, -0.2) is 30.6 Å². The number of aryl methyl sites for hydroxylation is 1. The molecule has 0 saturated heterocycles. The van der Waals surface area contributed by atoms with Crippen LogP contribution in [0.2, 0.25) is 0 Å². The van der Waals surface area contributed by atoms with Gasteiger partial charge < -0.3 is 19.8 Å². The Balaban J connectivity index is 1.38. The number of anilines is 3. The standard InChI is InChI=1S/C23H22N8/c1-30-14-22(27-15-30)28-21-12-20-19(4-2-8-25-20)23(29-21)26-13-16-10-17-5-6-18(11-16)31(17)9-3-7-24/h2,4-6,8,10,12,14-15H,3,9,11,13H2,1H3,(H2,26,28,29). The van der Waals surface area contributed by atoms with Crippen molar-refractivity contribution in [3.8, 4) is 6.07 Å². The van der Waals surface area contributed by atoms with Crippen LogP contribution in [0.25, 0.3) is 17.0 Å². The number of pyridine rings is 2. The zero-order chi connectivity index (χ0) is 21.2. The van der Waals surface area contributed by atoms with Crippen molar-refractivity contribution in [2.24, 2.45) is 7.05 Å². The summed E-state index contributed by atoms with van der Waals surface area (Å²) in [6.45, 7) is 1.43. The summed E-state index contributed by atoms with van der Waals surface area (Å²) >= 11 is 0. The van der Waals surface area contributed by atoms with E-state index in [1.165, 1.54) is 11.3 Å². The van der Waals surface area contributed by atoms with Crippen molar-refractivity contribution >= 4 is 34.4 Å². The molecule has 8 nitrogen and oxygen atoms in total. The highest BCUT2D eigenvalue weighted by molar-refractivity contribution is 5.91. The van der Waals surface area contributed by atoms with Gasteiger partial charge in [-0.05, 0) is 35.9 Å². The van der Waals surface area contributed by atoms with Gasteiger partial charge in [0.2, 0.25) is 0 Å². The minimum Gasteiger partial charge on any atom is -0.366 e. The van der Waals surface area contributed by atoms with Gasteiger partial charge in [0.1, 0.15) is 17.5 Å². The summed E-state index contributed by atoms with van der Waals surface area (Å²) in [5, 5.41) is 16.6. The molecule has 4 aromatic heterocycles. The third-order valence-corrected chi connectivity index (χ3v) is 5.36. The number of nitrogens with one attached hydrogen (secondary N) is 2. The van der Waals surface area contributed by atoms with Crippen molar-refractivity contribution in [1.82, 2.24) is 24.1 Å². The molecule has 4 aromatic rings. The van der Waals surface area contributed by atoms with Gasteiger partial charge in [-0.1, -0.05) is 0 Å². The Bertz CT molecular complexity index is 1320. The molecule has 0 aliphatic carbocycles. The maximum atomic E-state index is 8.89. The molecular weight excluding hydrogens is 388 g/mol. The van der Waals surface area contributed by atoms with Crippen molar-refractivity contribution in [3.63, 3.8) is 0 Å². The third kappa shape index (κ3) is 3.85. The Morgan fingerprint density at radius 2 is 2.13 bits per heavy atom. The summed E-state index contributed by atoms with van der Waals surface area (Å²) in [4.78, 5) is 13.6. The van der Waals surface area contributed by atoms with Gasteiger partial charge >= 0.3 is 0 Å².